The molecule has 4 heteroatoms. The van der Waals surface area contributed by atoms with E-state index in [0.29, 0.717) is 26.0 Å². The van der Waals surface area contributed by atoms with E-state index in [4.69, 9.17) is 23.2 Å². The molecule has 2 nitrogen and oxygen atoms in total. The second-order valence-electron chi connectivity index (χ2n) is 3.01. The zero-order chi connectivity index (χ0) is 10.8. The van der Waals surface area contributed by atoms with E-state index in [1.165, 1.54) is 6.20 Å². The van der Waals surface area contributed by atoms with E-state index >= 15 is 0 Å². The van der Waals surface area contributed by atoms with Crippen molar-refractivity contribution in [2.75, 3.05) is 0 Å². The summed E-state index contributed by atoms with van der Waals surface area (Å²) >= 11 is 11.9. The van der Waals surface area contributed by atoms with Crippen molar-refractivity contribution in [3.63, 3.8) is 0 Å². The molecule has 0 aliphatic rings. The molecule has 15 heavy (non-hydrogen) atoms. The molecule has 0 N–H and O–H groups in total. The molecular formula is C11H7Cl2NO. The lowest BCUT2D eigenvalue weighted by Crippen LogP contribution is -2.28. The molecule has 2 aromatic rings. The van der Waals surface area contributed by atoms with Crippen molar-refractivity contribution in [3.05, 3.63) is 57.8 Å². The van der Waals surface area contributed by atoms with Crippen LogP contribution in [-0.2, 0) is 0 Å². The van der Waals surface area contributed by atoms with Crippen molar-refractivity contribution in [3.8, 4) is 11.3 Å². The molecule has 0 bridgehead atoms. The zero-order valence-electron chi connectivity index (χ0n) is 7.65. The first-order valence-electron chi connectivity index (χ1n) is 4.33. The molecule has 0 saturated heterocycles. The van der Waals surface area contributed by atoms with Crippen molar-refractivity contribution >= 4 is 23.2 Å². The van der Waals surface area contributed by atoms with Crippen molar-refractivity contribution in [2.45, 2.75) is 0 Å². The fourth-order valence-electron chi connectivity index (χ4n) is 1.37. The summed E-state index contributed by atoms with van der Waals surface area (Å²) in [5, 5.41) is 12.5. The number of aromatic nitrogens is 1. The Bertz CT molecular complexity index is 479. The van der Waals surface area contributed by atoms with Crippen LogP contribution in [0.5, 0.6) is 0 Å². The molecule has 0 aliphatic heterocycles. The first-order valence-corrected chi connectivity index (χ1v) is 5.08. The normalized spacial score (nSPS) is 10.3. The first kappa shape index (κ1) is 10.3. The Morgan fingerprint density at radius 3 is 2.27 bits per heavy atom. The molecule has 2 rings (SSSR count). The Morgan fingerprint density at radius 1 is 0.933 bits per heavy atom. The smallest absolute Gasteiger partial charge is 0.244 e. The van der Waals surface area contributed by atoms with Crippen molar-refractivity contribution in [2.24, 2.45) is 0 Å². The lowest BCUT2D eigenvalue weighted by Gasteiger charge is -2.06. The highest BCUT2D eigenvalue weighted by Gasteiger charge is 2.15. The molecule has 76 valence electrons. The van der Waals surface area contributed by atoms with Gasteiger partial charge in [0.1, 0.15) is 5.02 Å². The molecule has 1 aromatic heterocycles. The van der Waals surface area contributed by atoms with Crippen LogP contribution in [0.1, 0.15) is 0 Å². The minimum absolute atomic E-state index is 0.379. The summed E-state index contributed by atoms with van der Waals surface area (Å²) in [6.07, 6.45) is 1.39. The standard InChI is InChI=1S/C11H7Cl2NO/c12-9-5-2-1-4-8(9)11-10(13)6-3-7-14(11)15/h1-7H. The van der Waals surface area contributed by atoms with Gasteiger partial charge < -0.3 is 5.21 Å². The van der Waals surface area contributed by atoms with E-state index in [1.807, 2.05) is 6.07 Å². The molecule has 1 aromatic carbocycles. The largest absolute Gasteiger partial charge is 0.618 e. The molecule has 0 saturated carbocycles. The average Bonchev–Trinajstić information content (AvgIpc) is 2.20. The summed E-state index contributed by atoms with van der Waals surface area (Å²) < 4.78 is 0.712. The average molecular weight is 240 g/mol. The van der Waals surface area contributed by atoms with Crippen molar-refractivity contribution in [1.82, 2.24) is 0 Å². The van der Waals surface area contributed by atoms with E-state index in [1.54, 1.807) is 30.3 Å². The van der Waals surface area contributed by atoms with E-state index in [9.17, 15) is 5.21 Å². The molecule has 0 spiro atoms. The number of benzene rings is 1. The Kier molecular flexibility index (Phi) is 2.80. The number of nitrogens with zero attached hydrogens (tertiary/aromatic N) is 1. The van der Waals surface area contributed by atoms with E-state index in [0.717, 1.165) is 0 Å². The van der Waals surface area contributed by atoms with Crippen LogP contribution in [-0.4, -0.2) is 0 Å². The Hall–Kier alpha value is -1.25. The van der Waals surface area contributed by atoms with Gasteiger partial charge in [0.25, 0.3) is 0 Å². The highest BCUT2D eigenvalue weighted by molar-refractivity contribution is 6.35. The molecule has 0 amide bonds. The zero-order valence-corrected chi connectivity index (χ0v) is 9.16. The fourth-order valence-corrected chi connectivity index (χ4v) is 1.85. The minimum Gasteiger partial charge on any atom is -0.618 e. The van der Waals surface area contributed by atoms with Crippen LogP contribution < -0.4 is 4.73 Å². The molecule has 0 fully saturated rings. The highest BCUT2D eigenvalue weighted by Crippen LogP contribution is 2.29. The lowest BCUT2D eigenvalue weighted by atomic mass is 10.1. The highest BCUT2D eigenvalue weighted by atomic mass is 35.5. The van der Waals surface area contributed by atoms with Crippen LogP contribution in [0.15, 0.2) is 42.6 Å². The van der Waals surface area contributed by atoms with Gasteiger partial charge in [-0.25, -0.2) is 0 Å². The van der Waals surface area contributed by atoms with Crippen LogP contribution in [0.3, 0.4) is 0 Å². The summed E-state index contributed by atoms with van der Waals surface area (Å²) in [4.78, 5) is 0. The number of hydrogen-bond donors (Lipinski definition) is 0. The number of rotatable bonds is 1. The second-order valence-corrected chi connectivity index (χ2v) is 3.82. The fraction of sp³-hybridized carbons (Fsp3) is 0. The van der Waals surface area contributed by atoms with Gasteiger partial charge in [-0.3, -0.25) is 0 Å². The Labute approximate surface area is 97.3 Å². The van der Waals surface area contributed by atoms with Crippen molar-refractivity contribution < 1.29 is 4.73 Å². The Morgan fingerprint density at radius 2 is 1.60 bits per heavy atom. The monoisotopic (exact) mass is 239 g/mol. The third-order valence-corrected chi connectivity index (χ3v) is 2.67. The number of hydrogen-bond acceptors (Lipinski definition) is 1. The lowest BCUT2D eigenvalue weighted by molar-refractivity contribution is -0.593. The topological polar surface area (TPSA) is 26.9 Å². The maximum absolute atomic E-state index is 11.6. The van der Waals surface area contributed by atoms with Gasteiger partial charge in [-0.1, -0.05) is 35.3 Å². The van der Waals surface area contributed by atoms with Gasteiger partial charge >= 0.3 is 0 Å². The third kappa shape index (κ3) is 1.91. The number of pyridine rings is 1. The van der Waals surface area contributed by atoms with E-state index in [2.05, 4.69) is 0 Å². The van der Waals surface area contributed by atoms with Crippen LogP contribution in [0, 0.1) is 5.21 Å². The van der Waals surface area contributed by atoms with Crippen LogP contribution >= 0.6 is 23.2 Å². The molecule has 1 heterocycles. The SMILES string of the molecule is [O-][n+]1cccc(Cl)c1-c1ccccc1Cl. The maximum atomic E-state index is 11.6. The van der Waals surface area contributed by atoms with E-state index in [-0.39, 0.29) is 0 Å². The van der Waals surface area contributed by atoms with Crippen LogP contribution in [0.2, 0.25) is 10.0 Å². The van der Waals surface area contributed by atoms with Gasteiger partial charge in [-0.05, 0) is 18.2 Å². The van der Waals surface area contributed by atoms with Gasteiger partial charge in [0.05, 0.1) is 10.6 Å². The van der Waals surface area contributed by atoms with Crippen LogP contribution in [0.4, 0.5) is 0 Å². The predicted molar refractivity (Wildman–Crippen MR) is 60.9 cm³/mol. The second kappa shape index (κ2) is 4.09. The van der Waals surface area contributed by atoms with E-state index < -0.39 is 0 Å². The molecular weight excluding hydrogens is 233 g/mol. The quantitative estimate of drug-likeness (QED) is 0.555. The minimum atomic E-state index is 0.379. The molecule has 0 atom stereocenters. The summed E-state index contributed by atoms with van der Waals surface area (Å²) in [6, 6.07) is 10.4. The predicted octanol–water partition coefficient (Wildman–Crippen LogP) is 3.29. The summed E-state index contributed by atoms with van der Waals surface area (Å²) in [6.45, 7) is 0. The maximum Gasteiger partial charge on any atom is 0.244 e. The van der Waals surface area contributed by atoms with Gasteiger partial charge in [0.2, 0.25) is 5.69 Å². The van der Waals surface area contributed by atoms with Gasteiger partial charge in [0.15, 0.2) is 6.20 Å². The molecule has 0 unspecified atom stereocenters. The summed E-state index contributed by atoms with van der Waals surface area (Å²) in [7, 11) is 0. The van der Waals surface area contributed by atoms with Crippen LogP contribution in [0.25, 0.3) is 11.3 Å². The molecule has 0 aliphatic carbocycles. The third-order valence-electron chi connectivity index (χ3n) is 2.04. The first-order chi connectivity index (χ1) is 7.20. The summed E-state index contributed by atoms with van der Waals surface area (Å²) in [5.74, 6) is 0. The van der Waals surface area contributed by atoms with Gasteiger partial charge in [-0.15, -0.1) is 0 Å². The van der Waals surface area contributed by atoms with Crippen molar-refractivity contribution in [1.29, 1.82) is 0 Å². The Balaban J connectivity index is 2.69. The summed E-state index contributed by atoms with van der Waals surface area (Å²) in [5.41, 5.74) is 1.02. The van der Waals surface area contributed by atoms with Gasteiger partial charge in [0, 0.05) is 6.07 Å². The molecule has 0 radical (unpaired) electrons. The van der Waals surface area contributed by atoms with Gasteiger partial charge in [-0.2, -0.15) is 4.73 Å². The number of halogens is 2.